The lowest BCUT2D eigenvalue weighted by Gasteiger charge is -2.09. The summed E-state index contributed by atoms with van der Waals surface area (Å²) in [5.41, 5.74) is 1.41. The average molecular weight is 314 g/mol. The largest absolute Gasteiger partial charge is 0.506 e. The van der Waals surface area contributed by atoms with Gasteiger partial charge < -0.3 is 25.2 Å². The minimum Gasteiger partial charge on any atom is -0.506 e. The highest BCUT2D eigenvalue weighted by Gasteiger charge is 2.18. The Hall–Kier alpha value is -3.22. The van der Waals surface area contributed by atoms with Crippen LogP contribution in [0.25, 0.3) is 0 Å². The maximum Gasteiger partial charge on any atom is 0.314 e. The molecule has 0 spiro atoms. The molecule has 2 aromatic rings. The van der Waals surface area contributed by atoms with Crippen LogP contribution in [0.3, 0.4) is 0 Å². The number of amides is 2. The first-order chi connectivity index (χ1) is 11.0. The number of fused-ring (bicyclic) bond motifs is 1. The third kappa shape index (κ3) is 3.18. The van der Waals surface area contributed by atoms with Crippen molar-refractivity contribution in [3.8, 4) is 17.2 Å². The third-order valence-electron chi connectivity index (χ3n) is 3.24. The van der Waals surface area contributed by atoms with Gasteiger partial charge in [0.25, 0.3) is 0 Å². The molecule has 3 N–H and O–H groups in total. The second-order valence-corrected chi connectivity index (χ2v) is 5.00. The van der Waals surface area contributed by atoms with E-state index in [2.05, 4.69) is 10.6 Å². The van der Waals surface area contributed by atoms with Crippen LogP contribution in [-0.2, 0) is 9.59 Å². The number of benzene rings is 2. The molecule has 0 fully saturated rings. The molecular weight excluding hydrogens is 300 g/mol. The van der Waals surface area contributed by atoms with Gasteiger partial charge in [-0.05, 0) is 36.8 Å². The summed E-state index contributed by atoms with van der Waals surface area (Å²) in [7, 11) is 0. The highest BCUT2D eigenvalue weighted by atomic mass is 16.7. The van der Waals surface area contributed by atoms with Crippen LogP contribution in [0.5, 0.6) is 17.2 Å². The van der Waals surface area contributed by atoms with E-state index in [1.165, 1.54) is 12.1 Å². The number of aromatic hydroxyl groups is 1. The molecule has 0 aromatic heterocycles. The van der Waals surface area contributed by atoms with Crippen LogP contribution in [0.15, 0.2) is 36.4 Å². The molecule has 0 saturated heterocycles. The van der Waals surface area contributed by atoms with Crippen LogP contribution in [0.2, 0.25) is 0 Å². The van der Waals surface area contributed by atoms with Crippen molar-refractivity contribution in [2.45, 2.75) is 6.92 Å². The summed E-state index contributed by atoms with van der Waals surface area (Å²) in [4.78, 5) is 23.8. The number of ether oxygens (including phenoxy) is 2. The van der Waals surface area contributed by atoms with Crippen LogP contribution in [0.1, 0.15) is 5.56 Å². The Kier molecular flexibility index (Phi) is 3.76. The van der Waals surface area contributed by atoms with Crippen LogP contribution in [-0.4, -0.2) is 23.7 Å². The van der Waals surface area contributed by atoms with E-state index in [1.54, 1.807) is 31.2 Å². The van der Waals surface area contributed by atoms with Crippen molar-refractivity contribution >= 4 is 23.2 Å². The number of nitrogens with one attached hydrogen (secondary N) is 2. The molecule has 118 valence electrons. The highest BCUT2D eigenvalue weighted by molar-refractivity contribution is 6.43. The van der Waals surface area contributed by atoms with Crippen molar-refractivity contribution < 1.29 is 24.2 Å². The van der Waals surface area contributed by atoms with E-state index in [-0.39, 0.29) is 18.2 Å². The Morgan fingerprint density at radius 1 is 1.00 bits per heavy atom. The zero-order chi connectivity index (χ0) is 16.4. The summed E-state index contributed by atoms with van der Waals surface area (Å²) in [6, 6.07) is 9.54. The predicted molar refractivity (Wildman–Crippen MR) is 82.7 cm³/mol. The summed E-state index contributed by atoms with van der Waals surface area (Å²) >= 11 is 0. The topological polar surface area (TPSA) is 96.9 Å². The Bertz CT molecular complexity index is 788. The lowest BCUT2D eigenvalue weighted by atomic mass is 10.2. The molecule has 1 heterocycles. The number of carbonyl (C=O) groups excluding carboxylic acids is 2. The molecule has 0 bridgehead atoms. The fourth-order valence-electron chi connectivity index (χ4n) is 2.09. The fraction of sp³-hybridized carbons (Fsp3) is 0.125. The van der Waals surface area contributed by atoms with Gasteiger partial charge in [-0.25, -0.2) is 0 Å². The number of rotatable bonds is 2. The van der Waals surface area contributed by atoms with Crippen LogP contribution in [0.4, 0.5) is 11.4 Å². The van der Waals surface area contributed by atoms with Gasteiger partial charge in [0, 0.05) is 11.8 Å². The van der Waals surface area contributed by atoms with E-state index in [9.17, 15) is 14.7 Å². The number of carbonyl (C=O) groups is 2. The molecule has 1 aliphatic heterocycles. The van der Waals surface area contributed by atoms with Gasteiger partial charge in [0.2, 0.25) is 6.79 Å². The SMILES string of the molecule is Cc1ccc(NC(=O)C(=O)Nc2ccc3c(c2)OCO3)c(O)c1. The summed E-state index contributed by atoms with van der Waals surface area (Å²) < 4.78 is 10.4. The molecule has 7 nitrogen and oxygen atoms in total. The molecule has 0 aliphatic carbocycles. The van der Waals surface area contributed by atoms with Crippen LogP contribution < -0.4 is 20.1 Å². The van der Waals surface area contributed by atoms with Gasteiger partial charge in [0.05, 0.1) is 5.69 Å². The number of hydrogen-bond donors (Lipinski definition) is 3. The Morgan fingerprint density at radius 2 is 1.74 bits per heavy atom. The molecule has 23 heavy (non-hydrogen) atoms. The van der Waals surface area contributed by atoms with Crippen molar-refractivity contribution in [2.75, 3.05) is 17.4 Å². The van der Waals surface area contributed by atoms with Crippen molar-refractivity contribution in [3.05, 3.63) is 42.0 Å². The molecule has 3 rings (SSSR count). The Labute approximate surface area is 131 Å². The smallest absolute Gasteiger partial charge is 0.314 e. The van der Waals surface area contributed by atoms with E-state index >= 15 is 0 Å². The molecule has 7 heteroatoms. The molecule has 0 radical (unpaired) electrons. The van der Waals surface area contributed by atoms with Crippen molar-refractivity contribution in [3.63, 3.8) is 0 Å². The van der Waals surface area contributed by atoms with E-state index in [0.29, 0.717) is 17.2 Å². The van der Waals surface area contributed by atoms with Gasteiger partial charge in [0.1, 0.15) is 5.75 Å². The maximum absolute atomic E-state index is 11.9. The quantitative estimate of drug-likeness (QED) is 0.582. The first-order valence-electron chi connectivity index (χ1n) is 6.84. The number of phenols is 1. The molecule has 0 atom stereocenters. The van der Waals surface area contributed by atoms with Gasteiger partial charge in [-0.3, -0.25) is 9.59 Å². The van der Waals surface area contributed by atoms with E-state index < -0.39 is 11.8 Å². The molecule has 2 amide bonds. The lowest BCUT2D eigenvalue weighted by Crippen LogP contribution is -2.29. The lowest BCUT2D eigenvalue weighted by molar-refractivity contribution is -0.133. The van der Waals surface area contributed by atoms with Crippen LogP contribution in [0, 0.1) is 6.92 Å². The predicted octanol–water partition coefficient (Wildman–Crippen LogP) is 2.01. The normalized spacial score (nSPS) is 11.9. The monoisotopic (exact) mass is 314 g/mol. The number of hydrogen-bond acceptors (Lipinski definition) is 5. The molecule has 0 unspecified atom stereocenters. The minimum atomic E-state index is -0.887. The van der Waals surface area contributed by atoms with Gasteiger partial charge in [-0.2, -0.15) is 0 Å². The second kappa shape index (κ2) is 5.88. The third-order valence-corrected chi connectivity index (χ3v) is 3.24. The van der Waals surface area contributed by atoms with Gasteiger partial charge >= 0.3 is 11.8 Å². The van der Waals surface area contributed by atoms with Gasteiger partial charge in [0.15, 0.2) is 11.5 Å². The second-order valence-electron chi connectivity index (χ2n) is 5.00. The van der Waals surface area contributed by atoms with Crippen molar-refractivity contribution in [1.29, 1.82) is 0 Å². The molecule has 0 saturated carbocycles. The highest BCUT2D eigenvalue weighted by Crippen LogP contribution is 2.34. The molecule has 2 aromatic carbocycles. The Morgan fingerprint density at radius 3 is 2.52 bits per heavy atom. The summed E-state index contributed by atoms with van der Waals surface area (Å²) in [6.45, 7) is 1.93. The van der Waals surface area contributed by atoms with Crippen molar-refractivity contribution in [2.24, 2.45) is 0 Å². The maximum atomic E-state index is 11.9. The first-order valence-corrected chi connectivity index (χ1v) is 6.84. The minimum absolute atomic E-state index is 0.103. The summed E-state index contributed by atoms with van der Waals surface area (Å²) in [5, 5.41) is 14.5. The zero-order valence-corrected chi connectivity index (χ0v) is 12.3. The number of aryl methyl sites for hydroxylation is 1. The summed E-state index contributed by atoms with van der Waals surface area (Å²) in [6.07, 6.45) is 0. The molecule has 1 aliphatic rings. The summed E-state index contributed by atoms with van der Waals surface area (Å²) in [5.74, 6) is -0.767. The van der Waals surface area contributed by atoms with Crippen LogP contribution >= 0.6 is 0 Å². The van der Waals surface area contributed by atoms with E-state index in [1.807, 2.05) is 0 Å². The average Bonchev–Trinajstić information content (AvgIpc) is 2.97. The number of anilines is 2. The van der Waals surface area contributed by atoms with Crippen molar-refractivity contribution in [1.82, 2.24) is 0 Å². The van der Waals surface area contributed by atoms with Gasteiger partial charge in [-0.1, -0.05) is 6.07 Å². The Balaban J connectivity index is 1.67. The standard InChI is InChI=1S/C16H14N2O5/c1-9-2-4-11(12(19)6-9)18-16(21)15(20)17-10-3-5-13-14(7-10)23-8-22-13/h2-7,19H,8H2,1H3,(H,17,20)(H,18,21). The number of phenolic OH excluding ortho intramolecular Hbond substituents is 1. The van der Waals surface area contributed by atoms with E-state index in [4.69, 9.17) is 9.47 Å². The van der Waals surface area contributed by atoms with Gasteiger partial charge in [-0.15, -0.1) is 0 Å². The first kappa shape index (κ1) is 14.7. The zero-order valence-electron chi connectivity index (χ0n) is 12.3. The molecular formula is C16H14N2O5. The fourth-order valence-corrected chi connectivity index (χ4v) is 2.09. The van der Waals surface area contributed by atoms with E-state index in [0.717, 1.165) is 5.56 Å².